The van der Waals surface area contributed by atoms with Gasteiger partial charge in [0.1, 0.15) is 0 Å². The van der Waals surface area contributed by atoms with E-state index in [1.54, 1.807) is 6.26 Å². The van der Waals surface area contributed by atoms with E-state index in [4.69, 9.17) is 4.42 Å². The van der Waals surface area contributed by atoms with E-state index in [9.17, 15) is 0 Å². The van der Waals surface area contributed by atoms with Crippen molar-refractivity contribution < 1.29 is 4.42 Å². The molecule has 242 valence electrons. The Kier molecular flexibility index (Phi) is 6.64. The second kappa shape index (κ2) is 11.7. The first-order valence-corrected chi connectivity index (χ1v) is 19.5. The molecule has 0 atom stereocenters. The Bertz CT molecular complexity index is 3050. The molecule has 2 heteroatoms. The number of benzene rings is 9. The average molecular weight is 726 g/mol. The fraction of sp³-hybridized carbons (Fsp3) is 0. The first-order valence-electron chi connectivity index (χ1n) is 17.8. The molecule has 0 spiro atoms. The zero-order chi connectivity index (χ0) is 34.2. The van der Waals surface area contributed by atoms with Crippen LogP contribution in [0.15, 0.2) is 187 Å². The van der Waals surface area contributed by atoms with Gasteiger partial charge in [-0.05, 0) is 0 Å². The summed E-state index contributed by atoms with van der Waals surface area (Å²) >= 11 is 0.209. The Hall–Kier alpha value is -6.18. The van der Waals surface area contributed by atoms with Crippen molar-refractivity contribution in [3.63, 3.8) is 0 Å². The molecular weight excluding hydrogens is 696 g/mol. The van der Waals surface area contributed by atoms with Crippen LogP contribution in [-0.4, -0.2) is 14.5 Å². The van der Waals surface area contributed by atoms with E-state index in [0.717, 1.165) is 11.3 Å². The fourth-order valence-electron chi connectivity index (χ4n) is 8.65. The van der Waals surface area contributed by atoms with E-state index in [0.29, 0.717) is 0 Å². The van der Waals surface area contributed by atoms with E-state index in [1.807, 2.05) is 6.07 Å². The van der Waals surface area contributed by atoms with Gasteiger partial charge in [0, 0.05) is 0 Å². The van der Waals surface area contributed by atoms with E-state index >= 15 is 0 Å². The molecule has 11 rings (SSSR count). The molecule has 0 saturated heterocycles. The Morgan fingerprint density at radius 1 is 0.327 bits per heavy atom. The van der Waals surface area contributed by atoms with Crippen molar-refractivity contribution in [1.29, 1.82) is 0 Å². The van der Waals surface area contributed by atoms with Gasteiger partial charge in [-0.25, -0.2) is 0 Å². The Morgan fingerprint density at radius 2 is 0.846 bits per heavy atom. The van der Waals surface area contributed by atoms with Gasteiger partial charge in [-0.2, -0.15) is 0 Å². The van der Waals surface area contributed by atoms with E-state index in [1.165, 1.54) is 95.8 Å². The minimum absolute atomic E-state index is 0.209. The van der Waals surface area contributed by atoms with E-state index in [-0.39, 0.29) is 14.5 Å². The van der Waals surface area contributed by atoms with Crippen LogP contribution < -0.4 is 0 Å². The molecule has 0 unspecified atom stereocenters. The molecular formula is C50H30OSe. The number of hydrogen-bond acceptors (Lipinski definition) is 1. The van der Waals surface area contributed by atoms with Gasteiger partial charge >= 0.3 is 308 Å². The molecule has 0 saturated carbocycles. The van der Waals surface area contributed by atoms with Gasteiger partial charge < -0.3 is 0 Å². The molecule has 0 N–H and O–H groups in total. The topological polar surface area (TPSA) is 13.1 Å². The molecule has 2 heterocycles. The molecule has 0 bridgehead atoms. The van der Waals surface area contributed by atoms with Crippen LogP contribution in [0.3, 0.4) is 0 Å². The number of furan rings is 1. The van der Waals surface area contributed by atoms with Crippen molar-refractivity contribution in [3.8, 4) is 44.7 Å². The third-order valence-electron chi connectivity index (χ3n) is 10.7. The Balaban J connectivity index is 1.23. The Morgan fingerprint density at radius 3 is 1.40 bits per heavy atom. The monoisotopic (exact) mass is 726 g/mol. The van der Waals surface area contributed by atoms with Crippen LogP contribution in [0.4, 0.5) is 0 Å². The standard InChI is InChI=1S/C50H30OSe/c1-2-14-31(15-3-1)46-33-16-4-6-18-35(33)47(36-19-7-5-17-34(36)46)32-27-28-44-42(30-32)50-41(24-12-26-45(50)52-44)48-37-20-8-10-22-39(37)49(43-25-13-29-51-43)40-23-11-9-21-38(40)48/h1-30H. The van der Waals surface area contributed by atoms with Crippen LogP contribution in [0.2, 0.25) is 0 Å². The third-order valence-corrected chi connectivity index (χ3v) is 13.1. The number of rotatable bonds is 4. The number of fused-ring (bicyclic) bond motifs is 7. The second-order valence-electron chi connectivity index (χ2n) is 13.5. The zero-order valence-electron chi connectivity index (χ0n) is 28.1. The Labute approximate surface area is 306 Å². The normalized spacial score (nSPS) is 11.8. The summed E-state index contributed by atoms with van der Waals surface area (Å²) in [5, 5.41) is 12.7. The third kappa shape index (κ3) is 4.36. The number of hydrogen-bond donors (Lipinski definition) is 0. The van der Waals surface area contributed by atoms with Crippen LogP contribution in [0.25, 0.3) is 107 Å². The van der Waals surface area contributed by atoms with Crippen LogP contribution in [0, 0.1) is 0 Å². The van der Waals surface area contributed by atoms with Crippen molar-refractivity contribution >= 4 is 76.9 Å². The summed E-state index contributed by atoms with van der Waals surface area (Å²) in [6, 6.07) is 64.7. The molecule has 9 aromatic carbocycles. The van der Waals surface area contributed by atoms with Gasteiger partial charge in [-0.1, -0.05) is 0 Å². The molecule has 0 aliphatic rings. The molecule has 11 aromatic rings. The van der Waals surface area contributed by atoms with Gasteiger partial charge in [0.05, 0.1) is 0 Å². The fourth-order valence-corrected chi connectivity index (χ4v) is 11.0. The molecule has 2 aromatic heterocycles. The summed E-state index contributed by atoms with van der Waals surface area (Å²) in [5.74, 6) is 0.897. The minimum atomic E-state index is 0.209. The summed E-state index contributed by atoms with van der Waals surface area (Å²) in [6.07, 6.45) is 1.77. The van der Waals surface area contributed by atoms with Gasteiger partial charge in [-0.15, -0.1) is 0 Å². The first kappa shape index (κ1) is 29.5. The van der Waals surface area contributed by atoms with Crippen molar-refractivity contribution in [2.75, 3.05) is 0 Å². The van der Waals surface area contributed by atoms with Gasteiger partial charge in [0.15, 0.2) is 0 Å². The van der Waals surface area contributed by atoms with Crippen LogP contribution >= 0.6 is 0 Å². The molecule has 0 fully saturated rings. The molecule has 0 aliphatic carbocycles. The quantitative estimate of drug-likeness (QED) is 0.130. The van der Waals surface area contributed by atoms with Crippen LogP contribution in [0.1, 0.15) is 0 Å². The molecule has 52 heavy (non-hydrogen) atoms. The van der Waals surface area contributed by atoms with Gasteiger partial charge in [0.25, 0.3) is 0 Å². The summed E-state index contributed by atoms with van der Waals surface area (Å²) in [4.78, 5) is 0. The SMILES string of the molecule is c1ccc(-c2c3ccccc3c(-c3ccc4[se]c5cccc(-c6c7ccccc7c(-c7ccco7)c7ccccc67)c5c4c3)c3ccccc23)cc1. The average Bonchev–Trinajstić information content (AvgIpc) is 3.88. The molecule has 1 nitrogen and oxygen atoms in total. The van der Waals surface area contributed by atoms with Crippen molar-refractivity contribution in [3.05, 3.63) is 182 Å². The van der Waals surface area contributed by atoms with Crippen molar-refractivity contribution in [2.45, 2.75) is 0 Å². The summed E-state index contributed by atoms with van der Waals surface area (Å²) in [6.45, 7) is 0. The summed E-state index contributed by atoms with van der Waals surface area (Å²) in [5.41, 5.74) is 8.83. The van der Waals surface area contributed by atoms with Crippen molar-refractivity contribution in [2.24, 2.45) is 0 Å². The predicted octanol–water partition coefficient (Wildman–Crippen LogP) is 13.9. The molecule has 0 radical (unpaired) electrons. The van der Waals surface area contributed by atoms with Gasteiger partial charge in [-0.3, -0.25) is 0 Å². The first-order chi connectivity index (χ1) is 25.8. The van der Waals surface area contributed by atoms with E-state index < -0.39 is 0 Å². The zero-order valence-corrected chi connectivity index (χ0v) is 29.9. The van der Waals surface area contributed by atoms with Gasteiger partial charge in [0.2, 0.25) is 0 Å². The van der Waals surface area contributed by atoms with Crippen LogP contribution in [-0.2, 0) is 0 Å². The predicted molar refractivity (Wildman–Crippen MR) is 222 cm³/mol. The summed E-state index contributed by atoms with van der Waals surface area (Å²) < 4.78 is 8.93. The maximum absolute atomic E-state index is 6.05. The second-order valence-corrected chi connectivity index (χ2v) is 15.8. The van der Waals surface area contributed by atoms with Crippen molar-refractivity contribution in [1.82, 2.24) is 0 Å². The molecule has 0 aliphatic heterocycles. The molecule has 0 amide bonds. The van der Waals surface area contributed by atoms with Crippen LogP contribution in [0.5, 0.6) is 0 Å². The van der Waals surface area contributed by atoms with E-state index in [2.05, 4.69) is 170 Å². The maximum atomic E-state index is 6.05. The summed E-state index contributed by atoms with van der Waals surface area (Å²) in [7, 11) is 0.